The maximum Gasteiger partial charge on any atom is 0.323 e. The second-order valence-corrected chi connectivity index (χ2v) is 3.32. The second-order valence-electron chi connectivity index (χ2n) is 3.32. The van der Waals surface area contributed by atoms with Crippen LogP contribution in [0.25, 0.3) is 0 Å². The molecule has 11 heavy (non-hydrogen) atoms. The molecule has 0 unspecified atom stereocenters. The minimum Gasteiger partial charge on any atom is -0.480 e. The molecule has 3 N–H and O–H groups in total. The number of hydrogen-bond acceptors (Lipinski definition) is 2. The molecule has 1 atom stereocenters. The molecule has 0 spiro atoms. The van der Waals surface area contributed by atoms with Gasteiger partial charge in [0.05, 0.1) is 0 Å². The van der Waals surface area contributed by atoms with E-state index in [2.05, 4.69) is 0 Å². The van der Waals surface area contributed by atoms with Crippen LogP contribution in [0.15, 0.2) is 0 Å². The topological polar surface area (TPSA) is 63.3 Å². The molecule has 0 aromatic carbocycles. The Morgan fingerprint density at radius 1 is 1.64 bits per heavy atom. The van der Waals surface area contributed by atoms with E-state index < -0.39 is 11.5 Å². The summed E-state index contributed by atoms with van der Waals surface area (Å²) in [5.41, 5.74) is 4.40. The minimum atomic E-state index is -1.06. The van der Waals surface area contributed by atoms with Gasteiger partial charge in [0.25, 0.3) is 0 Å². The average molecular weight is 182 g/mol. The summed E-state index contributed by atoms with van der Waals surface area (Å²) in [5, 5.41) is 8.57. The quantitative estimate of drug-likeness (QED) is 0.689. The molecule has 0 aliphatic heterocycles. The van der Waals surface area contributed by atoms with Gasteiger partial charge < -0.3 is 10.8 Å². The summed E-state index contributed by atoms with van der Waals surface area (Å²) in [7, 11) is 0. The number of carbonyl (C=O) groups is 1. The smallest absolute Gasteiger partial charge is 0.323 e. The van der Waals surface area contributed by atoms with Crippen molar-refractivity contribution in [2.24, 2.45) is 11.7 Å². The zero-order chi connectivity index (χ0) is 8.36. The summed E-state index contributed by atoms with van der Waals surface area (Å²) in [6.45, 7) is 5.44. The van der Waals surface area contributed by atoms with Crippen LogP contribution >= 0.6 is 12.4 Å². The summed E-state index contributed by atoms with van der Waals surface area (Å²) >= 11 is 0. The molecule has 0 aliphatic rings. The SMILES string of the molecule is CC(C)C[C@](C)(N)C(=O)O.Cl. The van der Waals surface area contributed by atoms with Gasteiger partial charge in [0.1, 0.15) is 5.54 Å². The predicted molar refractivity (Wildman–Crippen MR) is 46.9 cm³/mol. The van der Waals surface area contributed by atoms with Crippen LogP contribution in [0, 0.1) is 5.92 Å². The van der Waals surface area contributed by atoms with E-state index in [4.69, 9.17) is 10.8 Å². The van der Waals surface area contributed by atoms with Crippen LogP contribution in [0.2, 0.25) is 0 Å². The first-order valence-corrected chi connectivity index (χ1v) is 3.38. The molecule has 0 bridgehead atoms. The molecular weight excluding hydrogens is 166 g/mol. The van der Waals surface area contributed by atoms with Gasteiger partial charge in [-0.15, -0.1) is 12.4 Å². The molecule has 0 amide bonds. The Kier molecular flexibility index (Phi) is 5.53. The van der Waals surface area contributed by atoms with Gasteiger partial charge >= 0.3 is 5.97 Å². The molecule has 0 saturated carbocycles. The van der Waals surface area contributed by atoms with Crippen molar-refractivity contribution in [2.75, 3.05) is 0 Å². The summed E-state index contributed by atoms with van der Waals surface area (Å²) < 4.78 is 0. The third kappa shape index (κ3) is 5.04. The monoisotopic (exact) mass is 181 g/mol. The van der Waals surface area contributed by atoms with Crippen molar-refractivity contribution in [1.82, 2.24) is 0 Å². The highest BCUT2D eigenvalue weighted by Crippen LogP contribution is 2.12. The van der Waals surface area contributed by atoms with E-state index in [9.17, 15) is 4.79 Å². The Morgan fingerprint density at radius 3 is 2.09 bits per heavy atom. The van der Waals surface area contributed by atoms with Crippen LogP contribution < -0.4 is 5.73 Å². The van der Waals surface area contributed by atoms with E-state index >= 15 is 0 Å². The van der Waals surface area contributed by atoms with Gasteiger partial charge in [-0.05, 0) is 19.3 Å². The molecule has 0 saturated heterocycles. The molecule has 0 rings (SSSR count). The normalized spacial score (nSPS) is 15.4. The highest BCUT2D eigenvalue weighted by atomic mass is 35.5. The molecule has 3 nitrogen and oxygen atoms in total. The lowest BCUT2D eigenvalue weighted by molar-refractivity contribution is -0.143. The Balaban J connectivity index is 0. The standard InChI is InChI=1S/C7H15NO2.ClH/c1-5(2)4-7(3,8)6(9)10;/h5H,4,8H2,1-3H3,(H,9,10);1H/t7-;/m0./s1. The third-order valence-electron chi connectivity index (χ3n) is 1.32. The van der Waals surface area contributed by atoms with E-state index in [-0.39, 0.29) is 12.4 Å². The van der Waals surface area contributed by atoms with E-state index in [1.807, 2.05) is 13.8 Å². The average Bonchev–Trinajstić information content (AvgIpc) is 1.60. The van der Waals surface area contributed by atoms with E-state index in [0.29, 0.717) is 12.3 Å². The first-order chi connectivity index (χ1) is 4.36. The van der Waals surface area contributed by atoms with Crippen LogP contribution in [-0.4, -0.2) is 16.6 Å². The van der Waals surface area contributed by atoms with Crippen molar-refractivity contribution in [3.8, 4) is 0 Å². The van der Waals surface area contributed by atoms with Crippen molar-refractivity contribution in [3.63, 3.8) is 0 Å². The maximum atomic E-state index is 10.4. The van der Waals surface area contributed by atoms with Crippen LogP contribution in [-0.2, 0) is 4.79 Å². The highest BCUT2D eigenvalue weighted by molar-refractivity contribution is 5.85. The lowest BCUT2D eigenvalue weighted by Crippen LogP contribution is -2.45. The van der Waals surface area contributed by atoms with Crippen molar-refractivity contribution in [3.05, 3.63) is 0 Å². The zero-order valence-electron chi connectivity index (χ0n) is 7.13. The Labute approximate surface area is 73.4 Å². The number of nitrogens with two attached hydrogens (primary N) is 1. The van der Waals surface area contributed by atoms with Crippen molar-refractivity contribution >= 4 is 18.4 Å². The lowest BCUT2D eigenvalue weighted by atomic mass is 9.92. The van der Waals surface area contributed by atoms with Crippen molar-refractivity contribution in [1.29, 1.82) is 0 Å². The molecule has 0 aromatic heterocycles. The van der Waals surface area contributed by atoms with E-state index in [1.54, 1.807) is 0 Å². The predicted octanol–water partition coefficient (Wildman–Crippen LogP) is 1.26. The van der Waals surface area contributed by atoms with Gasteiger partial charge in [0, 0.05) is 0 Å². The summed E-state index contributed by atoms with van der Waals surface area (Å²) in [4.78, 5) is 10.4. The first kappa shape index (κ1) is 13.3. The number of halogens is 1. The fourth-order valence-electron chi connectivity index (χ4n) is 0.935. The van der Waals surface area contributed by atoms with Crippen LogP contribution in [0.1, 0.15) is 27.2 Å². The second kappa shape index (κ2) is 4.57. The third-order valence-corrected chi connectivity index (χ3v) is 1.32. The number of hydrogen-bond donors (Lipinski definition) is 2. The molecule has 68 valence electrons. The van der Waals surface area contributed by atoms with Crippen molar-refractivity contribution in [2.45, 2.75) is 32.7 Å². The molecule has 0 heterocycles. The highest BCUT2D eigenvalue weighted by Gasteiger charge is 2.28. The number of carboxylic acid groups (broad SMARTS) is 1. The van der Waals surface area contributed by atoms with E-state index in [1.165, 1.54) is 6.92 Å². The molecular formula is C7H16ClNO2. The van der Waals surface area contributed by atoms with Gasteiger partial charge in [-0.25, -0.2) is 0 Å². The zero-order valence-corrected chi connectivity index (χ0v) is 7.94. The minimum absolute atomic E-state index is 0. The number of aliphatic carboxylic acids is 1. The fourth-order valence-corrected chi connectivity index (χ4v) is 0.935. The summed E-state index contributed by atoms with van der Waals surface area (Å²) in [5.74, 6) is -0.604. The maximum absolute atomic E-state index is 10.4. The van der Waals surface area contributed by atoms with Crippen molar-refractivity contribution < 1.29 is 9.90 Å². The molecule has 0 aromatic rings. The van der Waals surface area contributed by atoms with Gasteiger partial charge in [-0.2, -0.15) is 0 Å². The van der Waals surface area contributed by atoms with Crippen LogP contribution in [0.3, 0.4) is 0 Å². The van der Waals surface area contributed by atoms with Crippen LogP contribution in [0.5, 0.6) is 0 Å². The molecule has 0 fully saturated rings. The van der Waals surface area contributed by atoms with Gasteiger partial charge in [0.2, 0.25) is 0 Å². The molecule has 0 aliphatic carbocycles. The Hall–Kier alpha value is -0.280. The fraction of sp³-hybridized carbons (Fsp3) is 0.857. The first-order valence-electron chi connectivity index (χ1n) is 3.38. The summed E-state index contributed by atoms with van der Waals surface area (Å²) in [6.07, 6.45) is 0.516. The largest absolute Gasteiger partial charge is 0.480 e. The lowest BCUT2D eigenvalue weighted by Gasteiger charge is -2.20. The van der Waals surface area contributed by atoms with Gasteiger partial charge in [0.15, 0.2) is 0 Å². The molecule has 4 heteroatoms. The Morgan fingerprint density at radius 2 is 2.00 bits per heavy atom. The number of carboxylic acids is 1. The van der Waals surface area contributed by atoms with E-state index in [0.717, 1.165) is 0 Å². The van der Waals surface area contributed by atoms with Crippen LogP contribution in [0.4, 0.5) is 0 Å². The Bertz CT molecular complexity index is 134. The van der Waals surface area contributed by atoms with Gasteiger partial charge in [-0.1, -0.05) is 13.8 Å². The molecule has 0 radical (unpaired) electrons. The van der Waals surface area contributed by atoms with Gasteiger partial charge in [-0.3, -0.25) is 4.79 Å². The number of rotatable bonds is 3. The summed E-state index contributed by atoms with van der Waals surface area (Å²) in [6, 6.07) is 0.